The topological polar surface area (TPSA) is 62.5 Å². The van der Waals surface area contributed by atoms with Crippen LogP contribution in [0.25, 0.3) is 11.5 Å². The quantitative estimate of drug-likeness (QED) is 0.374. The van der Waals surface area contributed by atoms with Crippen LogP contribution in [0.4, 0.5) is 4.39 Å². The summed E-state index contributed by atoms with van der Waals surface area (Å²) in [5.41, 5.74) is 1.63. The van der Waals surface area contributed by atoms with Gasteiger partial charge in [-0.3, -0.25) is 4.99 Å². The smallest absolute Gasteiger partial charge is 0.226 e. The van der Waals surface area contributed by atoms with Crippen molar-refractivity contribution < 1.29 is 8.81 Å². The molecule has 0 saturated heterocycles. The Bertz CT molecular complexity index is 724. The maximum Gasteiger partial charge on any atom is 0.226 e. The zero-order valence-corrected chi connectivity index (χ0v) is 18.2. The van der Waals surface area contributed by atoms with Gasteiger partial charge in [0, 0.05) is 31.6 Å². The molecule has 2 aromatic rings. The molecule has 0 atom stereocenters. The van der Waals surface area contributed by atoms with Gasteiger partial charge in [-0.25, -0.2) is 9.37 Å². The van der Waals surface area contributed by atoms with E-state index in [1.54, 1.807) is 25.4 Å². The molecule has 7 heteroatoms. The molecular weight excluding hydrogens is 458 g/mol. The van der Waals surface area contributed by atoms with Crippen molar-refractivity contribution >= 4 is 29.9 Å². The zero-order chi connectivity index (χ0) is 18.4. The Morgan fingerprint density at radius 3 is 2.59 bits per heavy atom. The molecule has 1 aromatic carbocycles. The molecule has 3 rings (SSSR count). The van der Waals surface area contributed by atoms with E-state index in [2.05, 4.69) is 27.5 Å². The fourth-order valence-corrected chi connectivity index (χ4v) is 3.25. The Morgan fingerprint density at radius 2 is 1.93 bits per heavy atom. The van der Waals surface area contributed by atoms with Crippen LogP contribution in [-0.4, -0.2) is 30.6 Å². The first-order chi connectivity index (χ1) is 12.6. The van der Waals surface area contributed by atoms with Crippen LogP contribution in [0.3, 0.4) is 0 Å². The largest absolute Gasteiger partial charge is 0.444 e. The molecule has 148 valence electrons. The van der Waals surface area contributed by atoms with Crippen LogP contribution >= 0.6 is 24.0 Å². The van der Waals surface area contributed by atoms with Gasteiger partial charge in [0.1, 0.15) is 12.1 Å². The highest BCUT2D eigenvalue weighted by atomic mass is 127. The van der Waals surface area contributed by atoms with Gasteiger partial charge in [0.2, 0.25) is 5.89 Å². The summed E-state index contributed by atoms with van der Waals surface area (Å²) in [6, 6.07) is 6.65. The molecule has 2 N–H and O–H groups in total. The van der Waals surface area contributed by atoms with E-state index in [-0.39, 0.29) is 29.8 Å². The van der Waals surface area contributed by atoms with Gasteiger partial charge in [0.05, 0.1) is 5.69 Å². The summed E-state index contributed by atoms with van der Waals surface area (Å²) < 4.78 is 18.5. The number of hydrogen-bond donors (Lipinski definition) is 2. The molecule has 1 heterocycles. The molecule has 1 aliphatic rings. The molecule has 0 amide bonds. The third-order valence-corrected chi connectivity index (χ3v) is 4.90. The van der Waals surface area contributed by atoms with Crippen LogP contribution in [0.5, 0.6) is 0 Å². The number of rotatable bonds is 5. The van der Waals surface area contributed by atoms with E-state index in [4.69, 9.17) is 4.42 Å². The van der Waals surface area contributed by atoms with Crippen LogP contribution in [0, 0.1) is 11.7 Å². The summed E-state index contributed by atoms with van der Waals surface area (Å²) in [5, 5.41) is 6.85. The van der Waals surface area contributed by atoms with Gasteiger partial charge in [-0.05, 0) is 55.9 Å². The molecule has 1 aliphatic carbocycles. The number of aliphatic imine (C=N–C) groups is 1. The molecule has 1 saturated carbocycles. The van der Waals surface area contributed by atoms with Gasteiger partial charge in [-0.15, -0.1) is 24.0 Å². The third-order valence-electron chi connectivity index (χ3n) is 4.90. The summed E-state index contributed by atoms with van der Waals surface area (Å²) in [7, 11) is 1.80. The molecule has 0 aliphatic heterocycles. The second-order valence-corrected chi connectivity index (χ2v) is 7.00. The average Bonchev–Trinajstić information content (AvgIpc) is 3.12. The molecule has 5 nitrogen and oxygen atoms in total. The fraction of sp³-hybridized carbons (Fsp3) is 0.500. The van der Waals surface area contributed by atoms with Gasteiger partial charge in [-0.1, -0.05) is 6.92 Å². The zero-order valence-electron chi connectivity index (χ0n) is 15.9. The van der Waals surface area contributed by atoms with Crippen molar-refractivity contribution in [2.45, 2.75) is 45.1 Å². The van der Waals surface area contributed by atoms with E-state index in [1.165, 1.54) is 37.8 Å². The lowest BCUT2D eigenvalue weighted by Gasteiger charge is -2.28. The standard InChI is InChI=1S/C20H27FN4O.HI/c1-14-3-9-17(10-4-14)25-20(22-2)23-12-11-18-13-26-19(24-18)15-5-7-16(21)8-6-15;/h5-8,13-14,17H,3-4,9-12H2,1-2H3,(H2,22,23,25);1H. The Hall–Kier alpha value is -1.64. The van der Waals surface area contributed by atoms with Crippen molar-refractivity contribution in [3.63, 3.8) is 0 Å². The number of halogens is 2. The molecule has 0 unspecified atom stereocenters. The van der Waals surface area contributed by atoms with Gasteiger partial charge < -0.3 is 15.1 Å². The first-order valence-electron chi connectivity index (χ1n) is 9.31. The maximum atomic E-state index is 13.0. The highest BCUT2D eigenvalue weighted by Crippen LogP contribution is 2.23. The van der Waals surface area contributed by atoms with E-state index in [1.807, 2.05) is 0 Å². The van der Waals surface area contributed by atoms with Crippen molar-refractivity contribution in [3.8, 4) is 11.5 Å². The first kappa shape index (κ1) is 21.7. The summed E-state index contributed by atoms with van der Waals surface area (Å²) >= 11 is 0. The van der Waals surface area contributed by atoms with Gasteiger partial charge in [-0.2, -0.15) is 0 Å². The second-order valence-electron chi connectivity index (χ2n) is 7.00. The lowest BCUT2D eigenvalue weighted by atomic mass is 9.87. The van der Waals surface area contributed by atoms with Crippen molar-refractivity contribution in [1.29, 1.82) is 0 Å². The Labute approximate surface area is 177 Å². The van der Waals surface area contributed by atoms with Crippen LogP contribution < -0.4 is 10.6 Å². The van der Waals surface area contributed by atoms with Gasteiger partial charge in [0.25, 0.3) is 0 Å². The molecule has 0 bridgehead atoms. The normalized spacial score (nSPS) is 20.0. The first-order valence-corrected chi connectivity index (χ1v) is 9.31. The van der Waals surface area contributed by atoms with Crippen molar-refractivity contribution in [3.05, 3.63) is 42.0 Å². The van der Waals surface area contributed by atoms with Crippen molar-refractivity contribution in [2.24, 2.45) is 10.9 Å². The maximum absolute atomic E-state index is 13.0. The minimum absolute atomic E-state index is 0. The number of benzene rings is 1. The minimum Gasteiger partial charge on any atom is -0.444 e. The SMILES string of the molecule is CN=C(NCCc1coc(-c2ccc(F)cc2)n1)NC1CCC(C)CC1.I. The Balaban J connectivity index is 0.00000261. The Kier molecular flexibility index (Phi) is 8.53. The summed E-state index contributed by atoms with van der Waals surface area (Å²) in [5.74, 6) is 1.92. The molecular formula is C20H28FIN4O. The van der Waals surface area contributed by atoms with E-state index in [0.717, 1.165) is 36.1 Å². The summed E-state index contributed by atoms with van der Waals surface area (Å²) in [4.78, 5) is 8.78. The highest BCUT2D eigenvalue weighted by Gasteiger charge is 2.18. The molecule has 0 radical (unpaired) electrons. The molecule has 1 fully saturated rings. The monoisotopic (exact) mass is 486 g/mol. The number of guanidine groups is 1. The number of aromatic nitrogens is 1. The fourth-order valence-electron chi connectivity index (χ4n) is 3.25. The molecule has 27 heavy (non-hydrogen) atoms. The average molecular weight is 486 g/mol. The van der Waals surface area contributed by atoms with Crippen molar-refractivity contribution in [1.82, 2.24) is 15.6 Å². The third kappa shape index (κ3) is 6.48. The van der Waals surface area contributed by atoms with E-state index in [0.29, 0.717) is 11.9 Å². The number of nitrogens with one attached hydrogen (secondary N) is 2. The molecule has 1 aromatic heterocycles. The van der Waals surface area contributed by atoms with Crippen LogP contribution in [0.15, 0.2) is 39.9 Å². The van der Waals surface area contributed by atoms with Gasteiger partial charge >= 0.3 is 0 Å². The predicted octanol–water partition coefficient (Wildman–Crippen LogP) is 4.38. The number of oxazole rings is 1. The summed E-state index contributed by atoms with van der Waals surface area (Å²) in [6.45, 7) is 3.04. The van der Waals surface area contributed by atoms with Gasteiger partial charge in [0.15, 0.2) is 5.96 Å². The van der Waals surface area contributed by atoms with Crippen molar-refractivity contribution in [2.75, 3.05) is 13.6 Å². The minimum atomic E-state index is -0.268. The lowest BCUT2D eigenvalue weighted by Crippen LogP contribution is -2.45. The Morgan fingerprint density at radius 1 is 1.22 bits per heavy atom. The van der Waals surface area contributed by atoms with Crippen LogP contribution in [0.1, 0.15) is 38.3 Å². The van der Waals surface area contributed by atoms with Crippen LogP contribution in [-0.2, 0) is 6.42 Å². The number of nitrogens with zero attached hydrogens (tertiary/aromatic N) is 2. The number of hydrogen-bond acceptors (Lipinski definition) is 3. The second kappa shape index (κ2) is 10.6. The van der Waals surface area contributed by atoms with E-state index >= 15 is 0 Å². The predicted molar refractivity (Wildman–Crippen MR) is 117 cm³/mol. The lowest BCUT2D eigenvalue weighted by molar-refractivity contribution is 0.329. The van der Waals surface area contributed by atoms with Crippen LogP contribution in [0.2, 0.25) is 0 Å². The summed E-state index contributed by atoms with van der Waals surface area (Å²) in [6.07, 6.45) is 7.34. The van der Waals surface area contributed by atoms with E-state index < -0.39 is 0 Å². The highest BCUT2D eigenvalue weighted by molar-refractivity contribution is 14.0. The van der Waals surface area contributed by atoms with E-state index in [9.17, 15) is 4.39 Å². The molecule has 0 spiro atoms.